The molecule has 3 rings (SSSR count). The first-order chi connectivity index (χ1) is 11.4. The van der Waals surface area contributed by atoms with Crippen molar-refractivity contribution < 1.29 is 0 Å². The fourth-order valence-electron chi connectivity index (χ4n) is 3.94. The van der Waals surface area contributed by atoms with Crippen molar-refractivity contribution in [2.75, 3.05) is 11.9 Å². The first kappa shape index (κ1) is 17.1. The molecular formula is C23H31N. The Kier molecular flexibility index (Phi) is 4.71. The molecule has 1 N–H and O–H groups in total. The van der Waals surface area contributed by atoms with Crippen LogP contribution >= 0.6 is 0 Å². The molecule has 128 valence electrons. The molecule has 0 aliphatic carbocycles. The van der Waals surface area contributed by atoms with Crippen molar-refractivity contribution in [2.45, 2.75) is 58.8 Å². The van der Waals surface area contributed by atoms with Gasteiger partial charge in [-0.3, -0.25) is 0 Å². The number of rotatable bonds is 3. The lowest BCUT2D eigenvalue weighted by atomic mass is 9.76. The van der Waals surface area contributed by atoms with Crippen LogP contribution in [0.5, 0.6) is 0 Å². The molecule has 1 heterocycles. The molecule has 0 spiro atoms. The molecule has 0 saturated carbocycles. The van der Waals surface area contributed by atoms with E-state index in [9.17, 15) is 0 Å². The largest absolute Gasteiger partial charge is 0.385 e. The smallest absolute Gasteiger partial charge is 0.0413 e. The predicted octanol–water partition coefficient (Wildman–Crippen LogP) is 6.13. The van der Waals surface area contributed by atoms with Gasteiger partial charge in [0.15, 0.2) is 0 Å². The molecule has 1 unspecified atom stereocenters. The van der Waals surface area contributed by atoms with Crippen molar-refractivity contribution in [3.8, 4) is 0 Å². The molecule has 0 fully saturated rings. The van der Waals surface area contributed by atoms with Crippen LogP contribution in [-0.4, -0.2) is 6.54 Å². The summed E-state index contributed by atoms with van der Waals surface area (Å²) in [7, 11) is 0. The number of nitrogens with one attached hydrogen (secondary N) is 1. The molecule has 0 saturated heterocycles. The second kappa shape index (κ2) is 6.63. The SMILES string of the molecule is CC(C)C1CCNc2c1cc(Cc1ccccc1)cc2C(C)(C)C. The van der Waals surface area contributed by atoms with Gasteiger partial charge in [0.05, 0.1) is 0 Å². The summed E-state index contributed by atoms with van der Waals surface area (Å²) >= 11 is 0. The third-order valence-electron chi connectivity index (χ3n) is 5.25. The molecule has 1 atom stereocenters. The Morgan fingerprint density at radius 1 is 1.04 bits per heavy atom. The zero-order valence-electron chi connectivity index (χ0n) is 15.8. The van der Waals surface area contributed by atoms with E-state index in [4.69, 9.17) is 0 Å². The third-order valence-corrected chi connectivity index (χ3v) is 5.25. The summed E-state index contributed by atoms with van der Waals surface area (Å²) < 4.78 is 0. The molecule has 2 aromatic carbocycles. The van der Waals surface area contributed by atoms with Gasteiger partial charge in [-0.15, -0.1) is 0 Å². The van der Waals surface area contributed by atoms with Crippen molar-refractivity contribution >= 4 is 5.69 Å². The van der Waals surface area contributed by atoms with Crippen LogP contribution in [0.2, 0.25) is 0 Å². The van der Waals surface area contributed by atoms with Crippen molar-refractivity contribution in [1.29, 1.82) is 0 Å². The molecule has 0 radical (unpaired) electrons. The second-order valence-electron chi connectivity index (χ2n) is 8.59. The van der Waals surface area contributed by atoms with Gasteiger partial charge in [-0.2, -0.15) is 0 Å². The topological polar surface area (TPSA) is 12.0 Å². The van der Waals surface area contributed by atoms with E-state index in [1.807, 2.05) is 0 Å². The average Bonchev–Trinajstić information content (AvgIpc) is 2.53. The van der Waals surface area contributed by atoms with Crippen LogP contribution in [-0.2, 0) is 11.8 Å². The zero-order chi connectivity index (χ0) is 17.3. The van der Waals surface area contributed by atoms with Gasteiger partial charge in [0, 0.05) is 12.2 Å². The van der Waals surface area contributed by atoms with Gasteiger partial charge >= 0.3 is 0 Å². The Balaban J connectivity index is 2.09. The summed E-state index contributed by atoms with van der Waals surface area (Å²) in [6.07, 6.45) is 2.26. The quantitative estimate of drug-likeness (QED) is 0.717. The highest BCUT2D eigenvalue weighted by Gasteiger charge is 2.29. The lowest BCUT2D eigenvalue weighted by molar-refractivity contribution is 0.466. The second-order valence-corrected chi connectivity index (χ2v) is 8.59. The Bertz CT molecular complexity index is 692. The number of fused-ring (bicyclic) bond motifs is 1. The van der Waals surface area contributed by atoms with Gasteiger partial charge in [-0.25, -0.2) is 0 Å². The van der Waals surface area contributed by atoms with E-state index in [-0.39, 0.29) is 5.41 Å². The Labute approximate surface area is 147 Å². The number of hydrogen-bond donors (Lipinski definition) is 1. The molecule has 1 aliphatic heterocycles. The fraction of sp³-hybridized carbons (Fsp3) is 0.478. The van der Waals surface area contributed by atoms with E-state index in [2.05, 4.69) is 82.4 Å². The van der Waals surface area contributed by atoms with Crippen molar-refractivity contribution in [2.24, 2.45) is 5.92 Å². The highest BCUT2D eigenvalue weighted by molar-refractivity contribution is 5.64. The standard InChI is InChI=1S/C23H31N/c1-16(2)19-11-12-24-22-20(19)14-18(15-21(22)23(3,4)5)13-17-9-7-6-8-10-17/h6-10,14-16,19,24H,11-13H2,1-5H3. The number of hydrogen-bond acceptors (Lipinski definition) is 1. The average molecular weight is 322 g/mol. The summed E-state index contributed by atoms with van der Waals surface area (Å²) in [5, 5.41) is 3.71. The maximum Gasteiger partial charge on any atom is 0.0413 e. The summed E-state index contributed by atoms with van der Waals surface area (Å²) in [6.45, 7) is 12.8. The van der Waals surface area contributed by atoms with E-state index in [1.165, 1.54) is 34.4 Å². The molecule has 24 heavy (non-hydrogen) atoms. The Hall–Kier alpha value is -1.76. The maximum atomic E-state index is 3.71. The Morgan fingerprint density at radius 2 is 1.75 bits per heavy atom. The van der Waals surface area contributed by atoms with Gasteiger partial charge in [0.25, 0.3) is 0 Å². The van der Waals surface area contributed by atoms with Crippen molar-refractivity contribution in [1.82, 2.24) is 0 Å². The van der Waals surface area contributed by atoms with Gasteiger partial charge in [-0.1, -0.05) is 77.1 Å². The first-order valence-corrected chi connectivity index (χ1v) is 9.31. The van der Waals surface area contributed by atoms with Crippen LogP contribution < -0.4 is 5.32 Å². The van der Waals surface area contributed by atoms with Gasteiger partial charge in [0.2, 0.25) is 0 Å². The monoisotopic (exact) mass is 321 g/mol. The van der Waals surface area contributed by atoms with Crippen LogP contribution in [0, 0.1) is 5.92 Å². The Morgan fingerprint density at radius 3 is 2.38 bits per heavy atom. The minimum Gasteiger partial charge on any atom is -0.385 e. The summed E-state index contributed by atoms with van der Waals surface area (Å²) in [5.74, 6) is 1.35. The predicted molar refractivity (Wildman–Crippen MR) is 105 cm³/mol. The summed E-state index contributed by atoms with van der Waals surface area (Å²) in [4.78, 5) is 0. The molecule has 0 aromatic heterocycles. The van der Waals surface area contributed by atoms with Gasteiger partial charge in [0.1, 0.15) is 0 Å². The molecule has 0 bridgehead atoms. The normalized spacial score (nSPS) is 17.5. The van der Waals surface area contributed by atoms with E-state index in [1.54, 1.807) is 0 Å². The molecule has 2 aromatic rings. The molecule has 1 nitrogen and oxygen atoms in total. The van der Waals surface area contributed by atoms with Crippen molar-refractivity contribution in [3.05, 3.63) is 64.7 Å². The van der Waals surface area contributed by atoms with Gasteiger partial charge in [-0.05, 0) is 52.3 Å². The zero-order valence-corrected chi connectivity index (χ0v) is 15.8. The molecular weight excluding hydrogens is 290 g/mol. The highest BCUT2D eigenvalue weighted by atomic mass is 14.9. The van der Waals surface area contributed by atoms with Crippen LogP contribution in [0.25, 0.3) is 0 Å². The maximum absolute atomic E-state index is 3.71. The minimum absolute atomic E-state index is 0.155. The van der Waals surface area contributed by atoms with Crippen LogP contribution in [0.1, 0.15) is 69.2 Å². The van der Waals surface area contributed by atoms with Gasteiger partial charge < -0.3 is 5.32 Å². The number of benzene rings is 2. The van der Waals surface area contributed by atoms with Crippen LogP contribution in [0.3, 0.4) is 0 Å². The van der Waals surface area contributed by atoms with Crippen LogP contribution in [0.4, 0.5) is 5.69 Å². The molecule has 1 aliphatic rings. The van der Waals surface area contributed by atoms with E-state index in [0.29, 0.717) is 11.8 Å². The van der Waals surface area contributed by atoms with E-state index >= 15 is 0 Å². The van der Waals surface area contributed by atoms with Crippen molar-refractivity contribution in [3.63, 3.8) is 0 Å². The lowest BCUT2D eigenvalue weighted by Crippen LogP contribution is -2.25. The lowest BCUT2D eigenvalue weighted by Gasteiger charge is -2.35. The molecule has 1 heteroatoms. The highest BCUT2D eigenvalue weighted by Crippen LogP contribution is 2.43. The van der Waals surface area contributed by atoms with E-state index < -0.39 is 0 Å². The summed E-state index contributed by atoms with van der Waals surface area (Å²) in [5.41, 5.74) is 7.40. The third kappa shape index (κ3) is 3.50. The van der Waals surface area contributed by atoms with E-state index in [0.717, 1.165) is 13.0 Å². The first-order valence-electron chi connectivity index (χ1n) is 9.31. The number of anilines is 1. The summed E-state index contributed by atoms with van der Waals surface area (Å²) in [6, 6.07) is 15.7. The minimum atomic E-state index is 0.155. The molecule has 0 amide bonds. The fourth-order valence-corrected chi connectivity index (χ4v) is 3.94. The van der Waals surface area contributed by atoms with Crippen LogP contribution in [0.15, 0.2) is 42.5 Å².